The molecular weight excluding hydrogens is 221 g/mol. The van der Waals surface area contributed by atoms with Gasteiger partial charge in [0.15, 0.2) is 0 Å². The Balaban J connectivity index is 3.20. The van der Waals surface area contributed by atoms with Gasteiger partial charge in [-0.25, -0.2) is 0 Å². The van der Waals surface area contributed by atoms with Crippen LogP contribution in [0.3, 0.4) is 0 Å². The summed E-state index contributed by atoms with van der Waals surface area (Å²) < 4.78 is 25.9. The maximum Gasteiger partial charge on any atom is 0.297 e. The Kier molecular flexibility index (Phi) is 3.11. The molecule has 0 saturated carbocycles. The minimum absolute atomic E-state index is 0.108. The predicted molar refractivity (Wildman–Crippen MR) is 47.4 cm³/mol. The van der Waals surface area contributed by atoms with Crippen molar-refractivity contribution in [2.75, 3.05) is 6.61 Å². The molecule has 5 heteroatoms. The zero-order chi connectivity index (χ0) is 10.1. The molecule has 0 radical (unpaired) electrons. The van der Waals surface area contributed by atoms with Gasteiger partial charge in [-0.15, -0.1) is 0 Å². The zero-order valence-corrected chi connectivity index (χ0v) is 7.91. The summed E-state index contributed by atoms with van der Waals surface area (Å²) in [7, 11) is 0. The van der Waals surface area contributed by atoms with Crippen molar-refractivity contribution in [3.05, 3.63) is 33.8 Å². The first-order valence-electron chi connectivity index (χ1n) is 3.41. The van der Waals surface area contributed by atoms with E-state index < -0.39 is 18.1 Å². The highest BCUT2D eigenvalue weighted by Crippen LogP contribution is 2.34. The van der Waals surface area contributed by atoms with Crippen molar-refractivity contribution in [1.29, 1.82) is 0 Å². The summed E-state index contributed by atoms with van der Waals surface area (Å²) in [5.74, 6) is -3.35. The van der Waals surface area contributed by atoms with Gasteiger partial charge in [0.2, 0.25) is 0 Å². The molecule has 1 N–H and O–H groups in total. The van der Waals surface area contributed by atoms with Crippen LogP contribution < -0.4 is 0 Å². The quantitative estimate of drug-likeness (QED) is 0.822. The van der Waals surface area contributed by atoms with Crippen LogP contribution in [0.25, 0.3) is 0 Å². The molecule has 72 valence electrons. The first kappa shape index (κ1) is 10.7. The predicted octanol–water partition coefficient (Wildman–Crippen LogP) is 3.08. The molecule has 0 heterocycles. The number of rotatable bonds is 2. The molecule has 1 nitrogen and oxygen atoms in total. The smallest absolute Gasteiger partial charge is 0.297 e. The van der Waals surface area contributed by atoms with E-state index in [-0.39, 0.29) is 10.0 Å². The van der Waals surface area contributed by atoms with E-state index >= 15 is 0 Å². The Morgan fingerprint density at radius 1 is 1.31 bits per heavy atom. The van der Waals surface area contributed by atoms with Gasteiger partial charge in [-0.2, -0.15) is 8.78 Å². The van der Waals surface area contributed by atoms with Crippen LogP contribution in [0.1, 0.15) is 5.56 Å². The van der Waals surface area contributed by atoms with Gasteiger partial charge in [-0.1, -0.05) is 23.2 Å². The van der Waals surface area contributed by atoms with Crippen molar-refractivity contribution in [3.63, 3.8) is 0 Å². The lowest BCUT2D eigenvalue weighted by Gasteiger charge is -2.15. The van der Waals surface area contributed by atoms with E-state index in [1.165, 1.54) is 12.1 Å². The van der Waals surface area contributed by atoms with E-state index in [4.69, 9.17) is 28.3 Å². The minimum atomic E-state index is -3.35. The largest absolute Gasteiger partial charge is 0.390 e. The highest BCUT2D eigenvalue weighted by Gasteiger charge is 2.32. The number of halogens is 4. The summed E-state index contributed by atoms with van der Waals surface area (Å²) in [6.07, 6.45) is 0. The number of benzene rings is 1. The Morgan fingerprint density at radius 3 is 2.46 bits per heavy atom. The molecule has 0 amide bonds. The fraction of sp³-hybridized carbons (Fsp3) is 0.250. The maximum atomic E-state index is 12.9. The van der Waals surface area contributed by atoms with Crippen molar-refractivity contribution in [2.24, 2.45) is 0 Å². The Bertz CT molecular complexity index is 315. The summed E-state index contributed by atoms with van der Waals surface area (Å²) in [5.41, 5.74) is -0.454. The van der Waals surface area contributed by atoms with Crippen LogP contribution >= 0.6 is 23.2 Å². The van der Waals surface area contributed by atoms with Crippen LogP contribution in [0.5, 0.6) is 0 Å². The van der Waals surface area contributed by atoms with E-state index in [2.05, 4.69) is 0 Å². The molecule has 0 fully saturated rings. The average Bonchev–Trinajstić information content (AvgIpc) is 2.09. The van der Waals surface area contributed by atoms with Crippen molar-refractivity contribution < 1.29 is 13.9 Å². The third-order valence-electron chi connectivity index (χ3n) is 1.52. The van der Waals surface area contributed by atoms with Gasteiger partial charge in [-0.05, 0) is 18.2 Å². The standard InChI is InChI=1S/C8H6Cl2F2O/c9-5-1-2-7(10)6(3-5)8(11,12)4-13/h1-3,13H,4H2. The lowest BCUT2D eigenvalue weighted by Crippen LogP contribution is -2.18. The second-order valence-corrected chi connectivity index (χ2v) is 3.33. The zero-order valence-electron chi connectivity index (χ0n) is 6.40. The number of hydrogen-bond acceptors (Lipinski definition) is 1. The topological polar surface area (TPSA) is 20.2 Å². The highest BCUT2D eigenvalue weighted by molar-refractivity contribution is 6.33. The maximum absolute atomic E-state index is 12.9. The molecule has 0 atom stereocenters. The van der Waals surface area contributed by atoms with Crippen molar-refractivity contribution in [1.82, 2.24) is 0 Å². The number of alkyl halides is 2. The molecule has 0 aliphatic rings. The van der Waals surface area contributed by atoms with E-state index in [0.29, 0.717) is 0 Å². The number of hydrogen-bond donors (Lipinski definition) is 1. The van der Waals surface area contributed by atoms with Gasteiger partial charge < -0.3 is 5.11 Å². The molecule has 0 aliphatic carbocycles. The average molecular weight is 227 g/mol. The second kappa shape index (κ2) is 3.78. The van der Waals surface area contributed by atoms with E-state index in [9.17, 15) is 8.78 Å². The normalized spacial score (nSPS) is 11.8. The van der Waals surface area contributed by atoms with Crippen LogP contribution in [0.15, 0.2) is 18.2 Å². The molecule has 0 aromatic heterocycles. The van der Waals surface area contributed by atoms with Crippen LogP contribution in [0.4, 0.5) is 8.78 Å². The van der Waals surface area contributed by atoms with Gasteiger partial charge in [0.1, 0.15) is 6.61 Å². The molecule has 0 spiro atoms. The van der Waals surface area contributed by atoms with Crippen molar-refractivity contribution >= 4 is 23.2 Å². The second-order valence-electron chi connectivity index (χ2n) is 2.49. The van der Waals surface area contributed by atoms with Gasteiger partial charge in [-0.3, -0.25) is 0 Å². The van der Waals surface area contributed by atoms with Crippen LogP contribution in [-0.2, 0) is 5.92 Å². The summed E-state index contributed by atoms with van der Waals surface area (Å²) in [6, 6.07) is 3.71. The summed E-state index contributed by atoms with van der Waals surface area (Å²) in [6.45, 7) is -1.28. The fourth-order valence-electron chi connectivity index (χ4n) is 0.863. The van der Waals surface area contributed by atoms with Gasteiger partial charge >= 0.3 is 0 Å². The number of aliphatic hydroxyl groups excluding tert-OH is 1. The van der Waals surface area contributed by atoms with Gasteiger partial charge in [0.25, 0.3) is 5.92 Å². The van der Waals surface area contributed by atoms with Crippen LogP contribution in [0.2, 0.25) is 10.0 Å². The monoisotopic (exact) mass is 226 g/mol. The minimum Gasteiger partial charge on any atom is -0.390 e. The van der Waals surface area contributed by atoms with E-state index in [0.717, 1.165) is 6.07 Å². The Hall–Kier alpha value is -0.380. The molecule has 0 unspecified atom stereocenters. The van der Waals surface area contributed by atoms with Crippen molar-refractivity contribution in [3.8, 4) is 0 Å². The van der Waals surface area contributed by atoms with Crippen LogP contribution in [-0.4, -0.2) is 11.7 Å². The third kappa shape index (κ3) is 2.30. The van der Waals surface area contributed by atoms with E-state index in [1.54, 1.807) is 0 Å². The summed E-state index contributed by atoms with van der Waals surface area (Å²) in [4.78, 5) is 0. The molecular formula is C8H6Cl2F2O. The first-order valence-corrected chi connectivity index (χ1v) is 4.17. The SMILES string of the molecule is OCC(F)(F)c1cc(Cl)ccc1Cl. The molecule has 0 saturated heterocycles. The Labute approximate surface area is 83.9 Å². The molecule has 0 aliphatic heterocycles. The van der Waals surface area contributed by atoms with Crippen molar-refractivity contribution in [2.45, 2.75) is 5.92 Å². The molecule has 13 heavy (non-hydrogen) atoms. The van der Waals surface area contributed by atoms with Crippen LogP contribution in [0, 0.1) is 0 Å². The highest BCUT2D eigenvalue weighted by atomic mass is 35.5. The lowest BCUT2D eigenvalue weighted by atomic mass is 10.1. The lowest BCUT2D eigenvalue weighted by molar-refractivity contribution is -0.0555. The van der Waals surface area contributed by atoms with Gasteiger partial charge in [0.05, 0.1) is 0 Å². The third-order valence-corrected chi connectivity index (χ3v) is 2.09. The fourth-order valence-corrected chi connectivity index (χ4v) is 1.29. The Morgan fingerprint density at radius 2 is 1.92 bits per heavy atom. The molecule has 1 aromatic carbocycles. The van der Waals surface area contributed by atoms with E-state index in [1.807, 2.05) is 0 Å². The summed E-state index contributed by atoms with van der Waals surface area (Å²) >= 11 is 11.0. The number of aliphatic hydroxyl groups is 1. The summed E-state index contributed by atoms with van der Waals surface area (Å²) in [5, 5.41) is 8.46. The molecule has 0 bridgehead atoms. The first-order chi connectivity index (χ1) is 5.97. The molecule has 1 aromatic rings. The van der Waals surface area contributed by atoms with Gasteiger partial charge in [0, 0.05) is 15.6 Å². The molecule has 1 rings (SSSR count).